The van der Waals surface area contributed by atoms with Crippen LogP contribution in [-0.4, -0.2) is 22.4 Å². The normalized spacial score (nSPS) is 12.2. The Morgan fingerprint density at radius 1 is 1.33 bits per heavy atom. The lowest BCUT2D eigenvalue weighted by molar-refractivity contribution is 0.198. The molecule has 1 aromatic carbocycles. The third kappa shape index (κ3) is 3.95. The molecule has 6 nitrogen and oxygen atoms in total. The van der Waals surface area contributed by atoms with E-state index in [1.807, 2.05) is 0 Å². The predicted molar refractivity (Wildman–Crippen MR) is 76.3 cm³/mol. The number of aliphatic hydroxyl groups excluding tert-OH is 1. The fourth-order valence-corrected chi connectivity index (χ4v) is 1.87. The van der Waals surface area contributed by atoms with Gasteiger partial charge in [0, 0.05) is 6.42 Å². The average molecular weight is 292 g/mol. The smallest absolute Gasteiger partial charge is 0.226 e. The quantitative estimate of drug-likeness (QED) is 0.845. The summed E-state index contributed by atoms with van der Waals surface area (Å²) < 4.78 is 16.0. The van der Waals surface area contributed by atoms with Gasteiger partial charge in [-0.25, -0.2) is 0 Å². The molecule has 0 amide bonds. The van der Waals surface area contributed by atoms with Gasteiger partial charge >= 0.3 is 0 Å². The van der Waals surface area contributed by atoms with Crippen molar-refractivity contribution in [1.29, 1.82) is 0 Å². The number of aryl methyl sites for hydroxylation is 1. The Morgan fingerprint density at radius 2 is 2.14 bits per heavy atom. The lowest BCUT2D eigenvalue weighted by Gasteiger charge is -2.12. The van der Waals surface area contributed by atoms with Gasteiger partial charge in [-0.05, 0) is 31.0 Å². The number of methoxy groups -OCH3 is 1. The zero-order valence-corrected chi connectivity index (χ0v) is 12.5. The Bertz CT molecular complexity index is 581. The van der Waals surface area contributed by atoms with Gasteiger partial charge in [-0.1, -0.05) is 18.1 Å². The summed E-state index contributed by atoms with van der Waals surface area (Å²) in [5.74, 6) is 2.25. The van der Waals surface area contributed by atoms with Gasteiger partial charge in [-0.15, -0.1) is 0 Å². The highest BCUT2D eigenvalue weighted by atomic mass is 16.5. The van der Waals surface area contributed by atoms with Crippen molar-refractivity contribution in [3.63, 3.8) is 0 Å². The number of aromatic nitrogens is 2. The molecule has 2 aromatic rings. The van der Waals surface area contributed by atoms with Gasteiger partial charge in [0.1, 0.15) is 0 Å². The SMILES string of the molecule is CCCc1nc(COc2ccc(C(C)O)cc2OC)no1. The zero-order chi connectivity index (χ0) is 15.2. The number of hydrogen-bond donors (Lipinski definition) is 1. The molecule has 1 N–H and O–H groups in total. The van der Waals surface area contributed by atoms with Crippen molar-refractivity contribution in [1.82, 2.24) is 10.1 Å². The van der Waals surface area contributed by atoms with Crippen molar-refractivity contribution >= 4 is 0 Å². The molecule has 0 aliphatic heterocycles. The molecule has 1 aromatic heterocycles. The van der Waals surface area contributed by atoms with Gasteiger partial charge in [0.05, 0.1) is 13.2 Å². The van der Waals surface area contributed by atoms with Crippen LogP contribution in [0.15, 0.2) is 22.7 Å². The monoisotopic (exact) mass is 292 g/mol. The highest BCUT2D eigenvalue weighted by Crippen LogP contribution is 2.30. The molecule has 0 aliphatic rings. The van der Waals surface area contributed by atoms with E-state index >= 15 is 0 Å². The molecule has 0 fully saturated rings. The number of benzene rings is 1. The van der Waals surface area contributed by atoms with Gasteiger partial charge < -0.3 is 19.1 Å². The molecule has 6 heteroatoms. The average Bonchev–Trinajstić information content (AvgIpc) is 2.93. The second-order valence-corrected chi connectivity index (χ2v) is 4.73. The summed E-state index contributed by atoms with van der Waals surface area (Å²) in [4.78, 5) is 4.23. The molecular formula is C15H20N2O4. The summed E-state index contributed by atoms with van der Waals surface area (Å²) in [5, 5.41) is 13.4. The first-order valence-corrected chi connectivity index (χ1v) is 6.94. The van der Waals surface area contributed by atoms with Crippen molar-refractivity contribution in [3.05, 3.63) is 35.5 Å². The molecular weight excluding hydrogens is 272 g/mol. The summed E-state index contributed by atoms with van der Waals surface area (Å²) in [6, 6.07) is 5.30. The third-order valence-corrected chi connectivity index (χ3v) is 3.00. The number of ether oxygens (including phenoxy) is 2. The van der Waals surface area contributed by atoms with Crippen LogP contribution in [0.25, 0.3) is 0 Å². The van der Waals surface area contributed by atoms with E-state index in [9.17, 15) is 5.11 Å². The summed E-state index contributed by atoms with van der Waals surface area (Å²) in [6.07, 6.45) is 1.16. The molecule has 2 rings (SSSR count). The second kappa shape index (κ2) is 7.08. The van der Waals surface area contributed by atoms with E-state index in [1.165, 1.54) is 0 Å². The maximum atomic E-state index is 9.57. The lowest BCUT2D eigenvalue weighted by Crippen LogP contribution is -2.01. The van der Waals surface area contributed by atoms with Gasteiger partial charge in [-0.2, -0.15) is 4.98 Å². The summed E-state index contributed by atoms with van der Waals surface area (Å²) in [5.41, 5.74) is 0.768. The molecule has 0 spiro atoms. The summed E-state index contributed by atoms with van der Waals surface area (Å²) >= 11 is 0. The van der Waals surface area contributed by atoms with Crippen LogP contribution < -0.4 is 9.47 Å². The molecule has 21 heavy (non-hydrogen) atoms. The lowest BCUT2D eigenvalue weighted by atomic mass is 10.1. The standard InChI is InChI=1S/C15H20N2O4/c1-4-5-15-16-14(17-21-15)9-20-12-7-6-11(10(2)18)8-13(12)19-3/h6-8,10,18H,4-5,9H2,1-3H3. The highest BCUT2D eigenvalue weighted by Gasteiger charge is 2.11. The van der Waals surface area contributed by atoms with Crippen LogP contribution in [0, 0.1) is 0 Å². The molecule has 0 saturated carbocycles. The maximum absolute atomic E-state index is 9.57. The van der Waals surface area contributed by atoms with Crippen LogP contribution in [0.4, 0.5) is 0 Å². The number of aliphatic hydroxyl groups is 1. The molecule has 1 heterocycles. The van der Waals surface area contributed by atoms with Crippen molar-refractivity contribution < 1.29 is 19.1 Å². The van der Waals surface area contributed by atoms with Crippen LogP contribution in [0.1, 0.15) is 43.7 Å². The minimum Gasteiger partial charge on any atom is -0.493 e. The number of rotatable bonds is 7. The molecule has 0 radical (unpaired) electrons. The van der Waals surface area contributed by atoms with Crippen molar-refractivity contribution in [2.45, 2.75) is 39.4 Å². The van der Waals surface area contributed by atoms with Gasteiger partial charge in [0.2, 0.25) is 11.7 Å². The second-order valence-electron chi connectivity index (χ2n) is 4.73. The van der Waals surface area contributed by atoms with Crippen LogP contribution in [0.3, 0.4) is 0 Å². The van der Waals surface area contributed by atoms with Gasteiger partial charge in [0.15, 0.2) is 18.1 Å². The van der Waals surface area contributed by atoms with Crippen molar-refractivity contribution in [2.24, 2.45) is 0 Å². The first-order chi connectivity index (χ1) is 10.1. The van der Waals surface area contributed by atoms with E-state index in [2.05, 4.69) is 17.1 Å². The third-order valence-electron chi connectivity index (χ3n) is 3.00. The Kier molecular flexibility index (Phi) is 5.16. The highest BCUT2D eigenvalue weighted by molar-refractivity contribution is 5.43. The van der Waals surface area contributed by atoms with E-state index < -0.39 is 6.10 Å². The largest absolute Gasteiger partial charge is 0.493 e. The molecule has 0 saturated heterocycles. The van der Waals surface area contributed by atoms with Crippen LogP contribution >= 0.6 is 0 Å². The molecule has 1 atom stereocenters. The maximum Gasteiger partial charge on any atom is 0.226 e. The Morgan fingerprint density at radius 3 is 2.81 bits per heavy atom. The minimum absolute atomic E-state index is 0.206. The van der Waals surface area contributed by atoms with Crippen LogP contribution in [-0.2, 0) is 13.0 Å². The topological polar surface area (TPSA) is 77.6 Å². The molecule has 0 aliphatic carbocycles. The van der Waals surface area contributed by atoms with E-state index in [-0.39, 0.29) is 6.61 Å². The Balaban J connectivity index is 2.04. The van der Waals surface area contributed by atoms with Gasteiger partial charge in [-0.3, -0.25) is 0 Å². The number of hydrogen-bond acceptors (Lipinski definition) is 6. The van der Waals surface area contributed by atoms with E-state index in [0.717, 1.165) is 18.4 Å². The molecule has 114 valence electrons. The predicted octanol–water partition coefficient (Wildman–Crippen LogP) is 2.66. The van der Waals surface area contributed by atoms with Crippen LogP contribution in [0.5, 0.6) is 11.5 Å². The first-order valence-electron chi connectivity index (χ1n) is 6.94. The zero-order valence-electron chi connectivity index (χ0n) is 12.5. The first kappa shape index (κ1) is 15.3. The van der Waals surface area contributed by atoms with E-state index in [4.69, 9.17) is 14.0 Å². The minimum atomic E-state index is -0.554. The molecule has 1 unspecified atom stereocenters. The van der Waals surface area contributed by atoms with Crippen LogP contribution in [0.2, 0.25) is 0 Å². The summed E-state index contributed by atoms with van der Waals surface area (Å²) in [6.45, 7) is 3.95. The summed E-state index contributed by atoms with van der Waals surface area (Å²) in [7, 11) is 1.56. The number of nitrogens with zero attached hydrogens (tertiary/aromatic N) is 2. The Hall–Kier alpha value is -2.08. The van der Waals surface area contributed by atoms with E-state index in [1.54, 1.807) is 32.2 Å². The van der Waals surface area contributed by atoms with Crippen molar-refractivity contribution in [3.8, 4) is 11.5 Å². The molecule has 0 bridgehead atoms. The van der Waals surface area contributed by atoms with Crippen molar-refractivity contribution in [2.75, 3.05) is 7.11 Å². The fourth-order valence-electron chi connectivity index (χ4n) is 1.87. The van der Waals surface area contributed by atoms with Gasteiger partial charge in [0.25, 0.3) is 0 Å². The fraction of sp³-hybridized carbons (Fsp3) is 0.467. The Labute approximate surface area is 123 Å². The van der Waals surface area contributed by atoms with E-state index in [0.29, 0.717) is 23.2 Å².